The number of benzene rings is 1. The van der Waals surface area contributed by atoms with Gasteiger partial charge in [0, 0.05) is 13.1 Å². The van der Waals surface area contributed by atoms with Crippen molar-refractivity contribution in [1.29, 1.82) is 0 Å². The molecule has 1 aromatic carbocycles. The molecule has 112 valence electrons. The minimum atomic E-state index is -0.732. The van der Waals surface area contributed by atoms with Crippen LogP contribution in [0.3, 0.4) is 0 Å². The molecule has 0 aromatic heterocycles. The molecule has 0 radical (unpaired) electrons. The third-order valence-electron chi connectivity index (χ3n) is 2.63. The van der Waals surface area contributed by atoms with Gasteiger partial charge in [0.1, 0.15) is 5.75 Å². The van der Waals surface area contributed by atoms with E-state index in [1.54, 1.807) is 6.92 Å². The Bertz CT molecular complexity index is 409. The summed E-state index contributed by atoms with van der Waals surface area (Å²) in [6, 6.07) is 7.77. The van der Waals surface area contributed by atoms with Gasteiger partial charge in [0.05, 0.1) is 25.7 Å². The Hall–Kier alpha value is -1.59. The lowest BCUT2D eigenvalue weighted by Crippen LogP contribution is -2.29. The average molecular weight is 281 g/mol. The Labute approximate surface area is 119 Å². The molecule has 5 nitrogen and oxygen atoms in total. The van der Waals surface area contributed by atoms with Crippen molar-refractivity contribution in [2.45, 2.75) is 32.9 Å². The molecule has 0 fully saturated rings. The highest BCUT2D eigenvalue weighted by atomic mass is 16.5. The molecule has 0 aliphatic heterocycles. The second kappa shape index (κ2) is 9.34. The molecule has 1 rings (SSSR count). The summed E-state index contributed by atoms with van der Waals surface area (Å²) in [5.74, 6) is 0.457. The maximum absolute atomic E-state index is 11.2. The smallest absolute Gasteiger partial charge is 0.308 e. The topological polar surface area (TPSA) is 67.8 Å². The summed E-state index contributed by atoms with van der Waals surface area (Å²) in [6.07, 6.45) is -0.719. The molecule has 0 aliphatic rings. The molecule has 0 spiro atoms. The summed E-state index contributed by atoms with van der Waals surface area (Å²) >= 11 is 0. The van der Waals surface area contributed by atoms with Crippen LogP contribution in [0, 0.1) is 0 Å². The van der Waals surface area contributed by atoms with Crippen molar-refractivity contribution >= 4 is 5.97 Å². The Morgan fingerprint density at radius 2 is 2.15 bits per heavy atom. The lowest BCUT2D eigenvalue weighted by molar-refractivity contribution is -0.145. The fourth-order valence-electron chi connectivity index (χ4n) is 1.78. The molecule has 1 aromatic rings. The minimum absolute atomic E-state index is 0.0137. The molecule has 0 amide bonds. The average Bonchev–Trinajstić information content (AvgIpc) is 2.39. The molecule has 0 saturated carbocycles. The van der Waals surface area contributed by atoms with Crippen molar-refractivity contribution < 1.29 is 19.4 Å². The van der Waals surface area contributed by atoms with Crippen LogP contribution >= 0.6 is 0 Å². The number of aliphatic hydroxyl groups excluding tert-OH is 1. The van der Waals surface area contributed by atoms with E-state index in [4.69, 9.17) is 9.47 Å². The van der Waals surface area contributed by atoms with Crippen LogP contribution in [0.5, 0.6) is 5.75 Å². The predicted octanol–water partition coefficient (Wildman–Crippen LogP) is 1.49. The van der Waals surface area contributed by atoms with Crippen molar-refractivity contribution in [2.75, 3.05) is 19.8 Å². The predicted molar refractivity (Wildman–Crippen MR) is 76.6 cm³/mol. The second-order valence-electron chi connectivity index (χ2n) is 4.37. The molecule has 1 unspecified atom stereocenters. The van der Waals surface area contributed by atoms with E-state index in [0.717, 1.165) is 11.3 Å². The third-order valence-corrected chi connectivity index (χ3v) is 2.63. The van der Waals surface area contributed by atoms with E-state index in [9.17, 15) is 9.90 Å². The fraction of sp³-hybridized carbons (Fsp3) is 0.533. The first kappa shape index (κ1) is 16.5. The van der Waals surface area contributed by atoms with Crippen LogP contribution in [0.4, 0.5) is 0 Å². The summed E-state index contributed by atoms with van der Waals surface area (Å²) < 4.78 is 10.2. The molecular weight excluding hydrogens is 258 g/mol. The molecule has 20 heavy (non-hydrogen) atoms. The summed E-state index contributed by atoms with van der Waals surface area (Å²) in [6.45, 7) is 5.61. The normalized spacial score (nSPS) is 11.9. The number of ether oxygens (including phenoxy) is 2. The molecule has 5 heteroatoms. The molecule has 1 atom stereocenters. The Kier molecular flexibility index (Phi) is 7.69. The van der Waals surface area contributed by atoms with Crippen LogP contribution < -0.4 is 10.1 Å². The summed E-state index contributed by atoms with van der Waals surface area (Å²) in [4.78, 5) is 11.2. The highest BCUT2D eigenvalue weighted by molar-refractivity contribution is 5.69. The van der Waals surface area contributed by atoms with Crippen molar-refractivity contribution in [3.8, 4) is 5.75 Å². The number of esters is 1. The standard InChI is InChI=1S/C15H23NO4/c1-3-19-14-7-5-6-12(8-14)10-16-11-13(17)9-15(18)20-4-2/h5-8,13,16-17H,3-4,9-11H2,1-2H3. The van der Waals surface area contributed by atoms with Gasteiger partial charge < -0.3 is 19.9 Å². The van der Waals surface area contributed by atoms with Gasteiger partial charge in [0.2, 0.25) is 0 Å². The minimum Gasteiger partial charge on any atom is -0.494 e. The maximum Gasteiger partial charge on any atom is 0.308 e. The first-order valence-electron chi connectivity index (χ1n) is 6.91. The van der Waals surface area contributed by atoms with Crippen LogP contribution in [-0.4, -0.2) is 36.9 Å². The lowest BCUT2D eigenvalue weighted by atomic mass is 10.2. The zero-order valence-corrected chi connectivity index (χ0v) is 12.1. The van der Waals surface area contributed by atoms with Crippen molar-refractivity contribution in [3.63, 3.8) is 0 Å². The largest absolute Gasteiger partial charge is 0.494 e. The van der Waals surface area contributed by atoms with Gasteiger partial charge in [-0.1, -0.05) is 12.1 Å². The van der Waals surface area contributed by atoms with Crippen LogP contribution in [0.1, 0.15) is 25.8 Å². The van der Waals surface area contributed by atoms with Gasteiger partial charge in [-0.15, -0.1) is 0 Å². The van der Waals surface area contributed by atoms with Gasteiger partial charge in [0.15, 0.2) is 0 Å². The SMILES string of the molecule is CCOC(=O)CC(O)CNCc1cccc(OCC)c1. The second-order valence-corrected chi connectivity index (χ2v) is 4.37. The van der Waals surface area contributed by atoms with E-state index in [1.165, 1.54) is 0 Å². The van der Waals surface area contributed by atoms with Gasteiger partial charge in [-0.05, 0) is 31.5 Å². The summed E-state index contributed by atoms with van der Waals surface area (Å²) in [7, 11) is 0. The van der Waals surface area contributed by atoms with E-state index in [-0.39, 0.29) is 12.4 Å². The van der Waals surface area contributed by atoms with E-state index in [2.05, 4.69) is 5.32 Å². The lowest BCUT2D eigenvalue weighted by Gasteiger charge is -2.11. The fourth-order valence-corrected chi connectivity index (χ4v) is 1.78. The van der Waals surface area contributed by atoms with E-state index < -0.39 is 6.10 Å². The Morgan fingerprint density at radius 1 is 1.35 bits per heavy atom. The molecular formula is C15H23NO4. The highest BCUT2D eigenvalue weighted by Gasteiger charge is 2.10. The van der Waals surface area contributed by atoms with E-state index in [1.807, 2.05) is 31.2 Å². The molecule has 0 bridgehead atoms. The Morgan fingerprint density at radius 3 is 2.85 bits per heavy atom. The zero-order chi connectivity index (χ0) is 14.8. The Balaban J connectivity index is 2.29. The first-order chi connectivity index (χ1) is 9.65. The van der Waals surface area contributed by atoms with Crippen molar-refractivity contribution in [3.05, 3.63) is 29.8 Å². The summed E-state index contributed by atoms with van der Waals surface area (Å²) in [5, 5.41) is 12.8. The number of aliphatic hydroxyl groups is 1. The van der Waals surface area contributed by atoms with Crippen LogP contribution in [-0.2, 0) is 16.1 Å². The number of rotatable bonds is 9. The summed E-state index contributed by atoms with van der Waals surface area (Å²) in [5.41, 5.74) is 1.07. The zero-order valence-electron chi connectivity index (χ0n) is 12.1. The van der Waals surface area contributed by atoms with E-state index >= 15 is 0 Å². The molecule has 0 heterocycles. The van der Waals surface area contributed by atoms with Gasteiger partial charge >= 0.3 is 5.97 Å². The number of carbonyl (C=O) groups excluding carboxylic acids is 1. The number of nitrogens with one attached hydrogen (secondary N) is 1. The van der Waals surface area contributed by atoms with Gasteiger partial charge in [-0.2, -0.15) is 0 Å². The highest BCUT2D eigenvalue weighted by Crippen LogP contribution is 2.12. The molecule has 2 N–H and O–H groups in total. The molecule has 0 saturated heterocycles. The third kappa shape index (κ3) is 6.54. The van der Waals surface area contributed by atoms with Crippen molar-refractivity contribution in [2.24, 2.45) is 0 Å². The van der Waals surface area contributed by atoms with Gasteiger partial charge in [0.25, 0.3) is 0 Å². The maximum atomic E-state index is 11.2. The monoisotopic (exact) mass is 281 g/mol. The van der Waals surface area contributed by atoms with Gasteiger partial charge in [-0.25, -0.2) is 0 Å². The first-order valence-corrected chi connectivity index (χ1v) is 6.91. The van der Waals surface area contributed by atoms with Crippen LogP contribution in [0.15, 0.2) is 24.3 Å². The quantitative estimate of drug-likeness (QED) is 0.671. The van der Waals surface area contributed by atoms with Crippen LogP contribution in [0.2, 0.25) is 0 Å². The molecule has 0 aliphatic carbocycles. The number of hydrogen-bond donors (Lipinski definition) is 2. The van der Waals surface area contributed by atoms with Gasteiger partial charge in [-0.3, -0.25) is 4.79 Å². The number of hydrogen-bond acceptors (Lipinski definition) is 5. The van der Waals surface area contributed by atoms with Crippen LogP contribution in [0.25, 0.3) is 0 Å². The number of carbonyl (C=O) groups is 1. The van der Waals surface area contributed by atoms with E-state index in [0.29, 0.717) is 26.3 Å². The van der Waals surface area contributed by atoms with Crippen molar-refractivity contribution in [1.82, 2.24) is 5.32 Å².